The van der Waals surface area contributed by atoms with E-state index < -0.39 is 15.4 Å². The van der Waals surface area contributed by atoms with E-state index in [0.29, 0.717) is 6.42 Å². The van der Waals surface area contributed by atoms with Crippen LogP contribution >= 0.6 is 0 Å². The Labute approximate surface area is 167 Å². The second-order valence-electron chi connectivity index (χ2n) is 5.44. The average Bonchev–Trinajstić information content (AvgIpc) is 2.33. The summed E-state index contributed by atoms with van der Waals surface area (Å²) in [6, 6.07) is 0. The van der Waals surface area contributed by atoms with Gasteiger partial charge in [0.05, 0.1) is 16.2 Å². The zero-order valence-electron chi connectivity index (χ0n) is 13.3. The minimum absolute atomic E-state index is 0. The number of unbranched alkanes of at least 4 members (excludes halogenated alkanes) is 5. The van der Waals surface area contributed by atoms with E-state index in [1.807, 2.05) is 0 Å². The molecule has 116 valence electrons. The van der Waals surface area contributed by atoms with Gasteiger partial charge in [-0.05, 0) is 26.2 Å². The molecule has 0 aromatic heterocycles. The van der Waals surface area contributed by atoms with E-state index in [-0.39, 0.29) is 57.5 Å². The summed E-state index contributed by atoms with van der Waals surface area (Å²) in [4.78, 5) is 0. The van der Waals surface area contributed by atoms with E-state index in [2.05, 4.69) is 6.92 Å². The van der Waals surface area contributed by atoms with Gasteiger partial charge < -0.3 is 9.66 Å². The molecule has 6 heteroatoms. The molecular formula is C14H29KO4S. The molecule has 0 saturated heterocycles. The van der Waals surface area contributed by atoms with Crippen LogP contribution in [0, 0.1) is 0 Å². The van der Waals surface area contributed by atoms with Gasteiger partial charge in [0.1, 0.15) is 0 Å². The molecule has 0 aromatic carbocycles. The molecule has 20 heavy (non-hydrogen) atoms. The minimum Gasteiger partial charge on any atom is -0.748 e. The summed E-state index contributed by atoms with van der Waals surface area (Å²) in [5, 5.41) is 8.95. The Kier molecular flexibility index (Phi) is 16.8. The molecular weight excluding hydrogens is 303 g/mol. The number of hydrogen-bond acceptors (Lipinski definition) is 4. The van der Waals surface area contributed by atoms with Crippen molar-refractivity contribution in [3.8, 4) is 0 Å². The first kappa shape index (κ1) is 23.8. The first-order valence-electron chi connectivity index (χ1n) is 7.50. The third-order valence-corrected chi connectivity index (χ3v) is 4.75. The van der Waals surface area contributed by atoms with Crippen molar-refractivity contribution in [1.82, 2.24) is 0 Å². The maximum atomic E-state index is 10.7. The van der Waals surface area contributed by atoms with E-state index in [9.17, 15) is 18.1 Å². The van der Waals surface area contributed by atoms with Gasteiger partial charge in [-0.3, -0.25) is 0 Å². The Bertz CT molecular complexity index is 306. The Balaban J connectivity index is 0. The Hall–Kier alpha value is 1.51. The van der Waals surface area contributed by atoms with Crippen molar-refractivity contribution < 1.29 is 69.5 Å². The average molecular weight is 333 g/mol. The SMILES string of the molecule is CCCCCCC(O)CCCCCC(C)S(=O)(=O)[O-].[K+]. The minimum atomic E-state index is -4.12. The van der Waals surface area contributed by atoms with Crippen molar-refractivity contribution in [1.29, 1.82) is 0 Å². The van der Waals surface area contributed by atoms with Crippen LogP contribution in [0.5, 0.6) is 0 Å². The summed E-state index contributed by atoms with van der Waals surface area (Å²) >= 11 is 0. The fourth-order valence-electron chi connectivity index (χ4n) is 2.08. The van der Waals surface area contributed by atoms with Gasteiger partial charge in [-0.15, -0.1) is 0 Å². The first-order chi connectivity index (χ1) is 8.88. The van der Waals surface area contributed by atoms with Crippen LogP contribution in [0.2, 0.25) is 0 Å². The van der Waals surface area contributed by atoms with Gasteiger partial charge in [0.15, 0.2) is 0 Å². The van der Waals surface area contributed by atoms with Crippen LogP contribution in [0.15, 0.2) is 0 Å². The molecule has 0 rings (SSSR count). The number of aliphatic hydroxyl groups is 1. The molecule has 0 fully saturated rings. The van der Waals surface area contributed by atoms with Gasteiger partial charge in [-0.2, -0.15) is 0 Å². The molecule has 4 nitrogen and oxygen atoms in total. The second kappa shape index (κ2) is 14.1. The van der Waals surface area contributed by atoms with Gasteiger partial charge in [0, 0.05) is 5.25 Å². The molecule has 0 heterocycles. The van der Waals surface area contributed by atoms with Crippen LogP contribution in [0.4, 0.5) is 0 Å². The monoisotopic (exact) mass is 332 g/mol. The van der Waals surface area contributed by atoms with Crippen LogP contribution in [0.3, 0.4) is 0 Å². The third-order valence-electron chi connectivity index (χ3n) is 3.53. The summed E-state index contributed by atoms with van der Waals surface area (Å²) in [5.74, 6) is 0. The first-order valence-corrected chi connectivity index (χ1v) is 8.97. The van der Waals surface area contributed by atoms with Crippen molar-refractivity contribution in [2.24, 2.45) is 0 Å². The second-order valence-corrected chi connectivity index (χ2v) is 7.23. The van der Waals surface area contributed by atoms with Gasteiger partial charge in [-0.1, -0.05) is 51.9 Å². The summed E-state index contributed by atoms with van der Waals surface area (Å²) < 4.78 is 32.0. The summed E-state index contributed by atoms with van der Waals surface area (Å²) in [6.07, 6.45) is 9.09. The van der Waals surface area contributed by atoms with E-state index in [0.717, 1.165) is 38.5 Å². The molecule has 0 spiro atoms. The topological polar surface area (TPSA) is 77.4 Å². The molecule has 0 aliphatic carbocycles. The molecule has 2 atom stereocenters. The Morgan fingerprint density at radius 2 is 1.40 bits per heavy atom. The van der Waals surface area contributed by atoms with Gasteiger partial charge in [-0.25, -0.2) is 8.42 Å². The van der Waals surface area contributed by atoms with Crippen LogP contribution < -0.4 is 51.4 Å². The van der Waals surface area contributed by atoms with Crippen LogP contribution in [0.25, 0.3) is 0 Å². The molecule has 2 unspecified atom stereocenters. The number of hydrogen-bond donors (Lipinski definition) is 1. The van der Waals surface area contributed by atoms with Crippen molar-refractivity contribution in [3.63, 3.8) is 0 Å². The van der Waals surface area contributed by atoms with Crippen molar-refractivity contribution in [2.75, 3.05) is 0 Å². The third kappa shape index (κ3) is 14.4. The molecule has 1 N–H and O–H groups in total. The zero-order chi connectivity index (χ0) is 14.7. The summed E-state index contributed by atoms with van der Waals surface area (Å²) in [7, 11) is -4.12. The van der Waals surface area contributed by atoms with Crippen LogP contribution in [-0.2, 0) is 10.1 Å². The number of aliphatic hydroxyl groups excluding tert-OH is 1. The van der Waals surface area contributed by atoms with Gasteiger partial charge in [0.2, 0.25) is 0 Å². The fourth-order valence-corrected chi connectivity index (χ4v) is 2.54. The van der Waals surface area contributed by atoms with E-state index >= 15 is 0 Å². The van der Waals surface area contributed by atoms with Crippen molar-refractivity contribution in [2.45, 2.75) is 89.4 Å². The van der Waals surface area contributed by atoms with Gasteiger partial charge in [0.25, 0.3) is 0 Å². The summed E-state index contributed by atoms with van der Waals surface area (Å²) in [5.41, 5.74) is 0. The van der Waals surface area contributed by atoms with E-state index in [1.54, 1.807) is 0 Å². The zero-order valence-corrected chi connectivity index (χ0v) is 17.2. The molecule has 0 radical (unpaired) electrons. The normalized spacial score (nSPS) is 14.6. The molecule has 0 saturated carbocycles. The van der Waals surface area contributed by atoms with Crippen LogP contribution in [-0.4, -0.2) is 29.4 Å². The molecule has 0 aliphatic rings. The predicted molar refractivity (Wildman–Crippen MR) is 77.0 cm³/mol. The maximum absolute atomic E-state index is 10.7. The molecule has 0 aliphatic heterocycles. The molecule has 0 bridgehead atoms. The predicted octanol–water partition coefficient (Wildman–Crippen LogP) is 0.206. The largest absolute Gasteiger partial charge is 1.00 e. The number of rotatable bonds is 12. The molecule has 0 aromatic rings. The van der Waals surface area contributed by atoms with E-state index in [1.165, 1.54) is 26.2 Å². The van der Waals surface area contributed by atoms with Crippen molar-refractivity contribution in [3.05, 3.63) is 0 Å². The van der Waals surface area contributed by atoms with Gasteiger partial charge >= 0.3 is 51.4 Å². The Morgan fingerprint density at radius 1 is 0.950 bits per heavy atom. The fraction of sp³-hybridized carbons (Fsp3) is 1.00. The summed E-state index contributed by atoms with van der Waals surface area (Å²) in [6.45, 7) is 3.63. The van der Waals surface area contributed by atoms with E-state index in [4.69, 9.17) is 0 Å². The maximum Gasteiger partial charge on any atom is 1.00 e. The standard InChI is InChI=1S/C14H30O4S.K/c1-3-4-5-8-11-14(15)12-9-6-7-10-13(2)19(16,17)18;/h13-15H,3-12H2,1-2H3,(H,16,17,18);/q;+1/p-1. The Morgan fingerprint density at radius 3 is 1.85 bits per heavy atom. The smallest absolute Gasteiger partial charge is 0.748 e. The quantitative estimate of drug-likeness (QED) is 0.315. The molecule has 0 amide bonds. The van der Waals surface area contributed by atoms with Crippen LogP contribution in [0.1, 0.15) is 78.1 Å². The van der Waals surface area contributed by atoms with Crippen molar-refractivity contribution >= 4 is 10.1 Å².